The van der Waals surface area contributed by atoms with Gasteiger partial charge < -0.3 is 10.4 Å². The van der Waals surface area contributed by atoms with Gasteiger partial charge in [-0.15, -0.1) is 6.42 Å². The van der Waals surface area contributed by atoms with Crippen LogP contribution >= 0.6 is 0 Å². The molecule has 0 saturated carbocycles. The molecule has 68 valence electrons. The van der Waals surface area contributed by atoms with Gasteiger partial charge in [0.05, 0.1) is 0 Å². The van der Waals surface area contributed by atoms with Crippen molar-refractivity contribution in [3.63, 3.8) is 0 Å². The Labute approximate surface area is 78.6 Å². The lowest BCUT2D eigenvalue weighted by molar-refractivity contribution is -0.651. The number of quaternary nitrogens is 1. The normalized spacial score (nSPS) is 12.0. The first kappa shape index (κ1) is 9.79. The Morgan fingerprint density at radius 3 is 2.69 bits per heavy atom. The van der Waals surface area contributed by atoms with E-state index in [1.165, 1.54) is 0 Å². The van der Waals surface area contributed by atoms with Crippen molar-refractivity contribution in [2.75, 3.05) is 13.1 Å². The molecule has 2 nitrogen and oxygen atoms in total. The minimum Gasteiger partial charge on any atom is -0.382 e. The fraction of sp³-hybridized carbons (Fsp3) is 0.273. The molecule has 0 radical (unpaired) electrons. The molecule has 1 aromatic rings. The highest BCUT2D eigenvalue weighted by Crippen LogP contribution is 2.08. The Bertz CT molecular complexity index is 276. The summed E-state index contributed by atoms with van der Waals surface area (Å²) in [6.45, 7) is 1.23. The quantitative estimate of drug-likeness (QED) is 0.488. The van der Waals surface area contributed by atoms with Crippen molar-refractivity contribution in [3.05, 3.63) is 35.9 Å². The summed E-state index contributed by atoms with van der Waals surface area (Å²) in [5.41, 5.74) is 0.941. The SMILES string of the molecule is C#CC[NH2+]C[C@H](O)c1ccccc1. The van der Waals surface area contributed by atoms with E-state index in [4.69, 9.17) is 6.42 Å². The van der Waals surface area contributed by atoms with Crippen molar-refractivity contribution in [1.82, 2.24) is 0 Å². The lowest BCUT2D eigenvalue weighted by atomic mass is 10.1. The zero-order chi connectivity index (χ0) is 9.52. The van der Waals surface area contributed by atoms with Crippen LogP contribution in [0.5, 0.6) is 0 Å². The molecule has 0 bridgehead atoms. The second-order valence-electron chi connectivity index (χ2n) is 2.86. The molecule has 0 fully saturated rings. The van der Waals surface area contributed by atoms with E-state index in [0.29, 0.717) is 13.1 Å². The van der Waals surface area contributed by atoms with Crippen LogP contribution in [0.4, 0.5) is 0 Å². The number of hydrogen-bond donors (Lipinski definition) is 2. The molecule has 0 spiro atoms. The molecule has 0 aromatic heterocycles. The summed E-state index contributed by atoms with van der Waals surface area (Å²) in [4.78, 5) is 0. The Morgan fingerprint density at radius 2 is 2.08 bits per heavy atom. The fourth-order valence-electron chi connectivity index (χ4n) is 1.14. The number of rotatable bonds is 4. The molecule has 0 aliphatic heterocycles. The number of nitrogens with two attached hydrogens (primary N) is 1. The average Bonchev–Trinajstić information content (AvgIpc) is 2.19. The molecule has 2 heteroatoms. The van der Waals surface area contributed by atoms with E-state index in [9.17, 15) is 5.11 Å². The fourth-order valence-corrected chi connectivity index (χ4v) is 1.14. The summed E-state index contributed by atoms with van der Waals surface area (Å²) in [6, 6.07) is 9.59. The molecule has 1 aromatic carbocycles. The number of benzene rings is 1. The topological polar surface area (TPSA) is 36.8 Å². The highest BCUT2D eigenvalue weighted by atomic mass is 16.3. The van der Waals surface area contributed by atoms with Gasteiger partial charge in [0.15, 0.2) is 0 Å². The number of aliphatic hydroxyl groups excluding tert-OH is 1. The number of aliphatic hydroxyl groups is 1. The van der Waals surface area contributed by atoms with Gasteiger partial charge in [-0.2, -0.15) is 0 Å². The van der Waals surface area contributed by atoms with Crippen LogP contribution in [0.1, 0.15) is 11.7 Å². The van der Waals surface area contributed by atoms with Crippen LogP contribution in [-0.4, -0.2) is 18.2 Å². The summed E-state index contributed by atoms with van der Waals surface area (Å²) in [7, 11) is 0. The van der Waals surface area contributed by atoms with Gasteiger partial charge in [0, 0.05) is 0 Å². The third-order valence-electron chi connectivity index (χ3n) is 1.84. The molecule has 3 N–H and O–H groups in total. The van der Waals surface area contributed by atoms with Gasteiger partial charge in [0.25, 0.3) is 0 Å². The van der Waals surface area contributed by atoms with E-state index in [0.717, 1.165) is 5.56 Å². The summed E-state index contributed by atoms with van der Waals surface area (Å²) in [5.74, 6) is 2.51. The van der Waals surface area contributed by atoms with Crippen molar-refractivity contribution in [2.45, 2.75) is 6.10 Å². The summed E-state index contributed by atoms with van der Waals surface area (Å²) in [6.07, 6.45) is 4.67. The zero-order valence-corrected chi connectivity index (χ0v) is 7.48. The van der Waals surface area contributed by atoms with Gasteiger partial charge in [-0.05, 0) is 11.5 Å². The first-order chi connectivity index (χ1) is 6.34. The van der Waals surface area contributed by atoms with Crippen LogP contribution in [0.3, 0.4) is 0 Å². The predicted octanol–water partition coefficient (Wildman–Crippen LogP) is -0.0834. The lowest BCUT2D eigenvalue weighted by Crippen LogP contribution is -2.85. The Balaban J connectivity index is 2.41. The van der Waals surface area contributed by atoms with Crippen LogP contribution in [-0.2, 0) is 0 Å². The van der Waals surface area contributed by atoms with Crippen molar-refractivity contribution >= 4 is 0 Å². The van der Waals surface area contributed by atoms with E-state index >= 15 is 0 Å². The molecule has 0 unspecified atom stereocenters. The van der Waals surface area contributed by atoms with Gasteiger partial charge in [0.1, 0.15) is 19.2 Å². The smallest absolute Gasteiger partial charge is 0.137 e. The third kappa shape index (κ3) is 3.29. The molecule has 0 saturated heterocycles. The van der Waals surface area contributed by atoms with Crippen LogP contribution in [0.25, 0.3) is 0 Å². The maximum Gasteiger partial charge on any atom is 0.137 e. The molecule has 13 heavy (non-hydrogen) atoms. The van der Waals surface area contributed by atoms with Crippen LogP contribution < -0.4 is 5.32 Å². The Kier molecular flexibility index (Phi) is 4.04. The van der Waals surface area contributed by atoms with E-state index in [-0.39, 0.29) is 0 Å². The van der Waals surface area contributed by atoms with E-state index < -0.39 is 6.10 Å². The van der Waals surface area contributed by atoms with Gasteiger partial charge in [-0.25, -0.2) is 0 Å². The van der Waals surface area contributed by atoms with Crippen molar-refractivity contribution < 1.29 is 10.4 Å². The molecule has 0 aliphatic carbocycles. The largest absolute Gasteiger partial charge is 0.382 e. The second kappa shape index (κ2) is 5.36. The Hall–Kier alpha value is -1.30. The number of terminal acetylenes is 1. The lowest BCUT2D eigenvalue weighted by Gasteiger charge is -2.07. The third-order valence-corrected chi connectivity index (χ3v) is 1.84. The molecular weight excluding hydrogens is 162 g/mol. The first-order valence-corrected chi connectivity index (χ1v) is 4.32. The maximum absolute atomic E-state index is 9.65. The van der Waals surface area contributed by atoms with Crippen LogP contribution in [0, 0.1) is 12.3 Å². The highest BCUT2D eigenvalue weighted by Gasteiger charge is 2.06. The van der Waals surface area contributed by atoms with Gasteiger partial charge in [-0.1, -0.05) is 30.3 Å². The van der Waals surface area contributed by atoms with Gasteiger partial charge in [-0.3, -0.25) is 0 Å². The van der Waals surface area contributed by atoms with Crippen molar-refractivity contribution in [1.29, 1.82) is 0 Å². The van der Waals surface area contributed by atoms with Crippen LogP contribution in [0.2, 0.25) is 0 Å². The average molecular weight is 176 g/mol. The van der Waals surface area contributed by atoms with E-state index in [2.05, 4.69) is 5.92 Å². The van der Waals surface area contributed by atoms with E-state index in [1.807, 2.05) is 35.6 Å². The molecule has 0 amide bonds. The molecular formula is C11H14NO+. The number of hydrogen-bond acceptors (Lipinski definition) is 1. The van der Waals surface area contributed by atoms with E-state index in [1.54, 1.807) is 0 Å². The maximum atomic E-state index is 9.65. The second-order valence-corrected chi connectivity index (χ2v) is 2.86. The molecule has 1 rings (SSSR count). The first-order valence-electron chi connectivity index (χ1n) is 4.32. The van der Waals surface area contributed by atoms with Gasteiger partial charge >= 0.3 is 0 Å². The minimum atomic E-state index is -0.422. The molecule has 0 heterocycles. The minimum absolute atomic E-state index is 0.422. The Morgan fingerprint density at radius 1 is 1.38 bits per heavy atom. The summed E-state index contributed by atoms with van der Waals surface area (Å²) < 4.78 is 0. The van der Waals surface area contributed by atoms with Crippen molar-refractivity contribution in [3.8, 4) is 12.3 Å². The summed E-state index contributed by atoms with van der Waals surface area (Å²) >= 11 is 0. The molecule has 0 aliphatic rings. The van der Waals surface area contributed by atoms with Gasteiger partial charge in [0.2, 0.25) is 0 Å². The zero-order valence-electron chi connectivity index (χ0n) is 7.48. The molecule has 1 atom stereocenters. The monoisotopic (exact) mass is 176 g/mol. The predicted molar refractivity (Wildman–Crippen MR) is 51.9 cm³/mol. The highest BCUT2D eigenvalue weighted by molar-refractivity contribution is 5.16. The van der Waals surface area contributed by atoms with Crippen molar-refractivity contribution in [2.24, 2.45) is 0 Å². The standard InChI is InChI=1S/C11H13NO/c1-2-8-12-9-11(13)10-6-4-3-5-7-10/h1,3-7,11-13H,8-9H2/p+1/t11-/m0/s1. The van der Waals surface area contributed by atoms with Crippen LogP contribution in [0.15, 0.2) is 30.3 Å². The summed E-state index contributed by atoms with van der Waals surface area (Å²) in [5, 5.41) is 11.6.